The minimum absolute atomic E-state index is 0.0889. The van der Waals surface area contributed by atoms with E-state index in [1.54, 1.807) is 24.1 Å². The molecular formula is C21H20F2N8O2. The fourth-order valence-corrected chi connectivity index (χ4v) is 4.76. The molecule has 10 nitrogen and oxygen atoms in total. The lowest BCUT2D eigenvalue weighted by molar-refractivity contribution is 0.0171. The van der Waals surface area contributed by atoms with E-state index < -0.39 is 5.92 Å². The second kappa shape index (κ2) is 6.90. The Labute approximate surface area is 185 Å². The third-order valence-corrected chi connectivity index (χ3v) is 6.58. The molecule has 1 aliphatic heterocycles. The second-order valence-electron chi connectivity index (χ2n) is 8.83. The number of alkyl halides is 2. The molecule has 0 N–H and O–H groups in total. The van der Waals surface area contributed by atoms with E-state index in [2.05, 4.69) is 30.0 Å². The second-order valence-corrected chi connectivity index (χ2v) is 8.83. The van der Waals surface area contributed by atoms with Crippen molar-refractivity contribution in [2.45, 2.75) is 25.3 Å². The SMILES string of the molecule is Cn1cnc2ncn(Cc3nc(C4C5CN(c6cncc(C(C)(F)F)c6)CC54)no3)c(=O)c21. The van der Waals surface area contributed by atoms with Crippen molar-refractivity contribution in [1.82, 2.24) is 34.2 Å². The zero-order chi connectivity index (χ0) is 22.9. The van der Waals surface area contributed by atoms with Gasteiger partial charge in [0.2, 0.25) is 5.89 Å². The van der Waals surface area contributed by atoms with E-state index in [9.17, 15) is 13.6 Å². The summed E-state index contributed by atoms with van der Waals surface area (Å²) < 4.78 is 35.7. The van der Waals surface area contributed by atoms with Crippen LogP contribution in [0.4, 0.5) is 14.5 Å². The molecule has 0 radical (unpaired) electrons. The van der Waals surface area contributed by atoms with Crippen molar-refractivity contribution in [3.8, 4) is 0 Å². The van der Waals surface area contributed by atoms with Crippen molar-refractivity contribution < 1.29 is 13.3 Å². The van der Waals surface area contributed by atoms with Gasteiger partial charge in [0.25, 0.3) is 11.5 Å². The highest BCUT2D eigenvalue weighted by atomic mass is 19.3. The van der Waals surface area contributed by atoms with Gasteiger partial charge in [-0.1, -0.05) is 5.16 Å². The molecule has 2 aliphatic rings. The van der Waals surface area contributed by atoms with E-state index in [1.165, 1.54) is 23.2 Å². The Morgan fingerprint density at radius 3 is 2.70 bits per heavy atom. The number of fused-ring (bicyclic) bond motifs is 2. The Morgan fingerprint density at radius 2 is 1.94 bits per heavy atom. The average Bonchev–Trinajstić information content (AvgIpc) is 3.20. The molecule has 12 heteroatoms. The maximum Gasteiger partial charge on any atom is 0.280 e. The molecule has 1 aliphatic carbocycles. The topological polar surface area (TPSA) is 108 Å². The molecule has 5 heterocycles. The molecule has 170 valence electrons. The molecule has 4 aromatic heterocycles. The van der Waals surface area contributed by atoms with Gasteiger partial charge in [-0.05, 0) is 17.9 Å². The Kier molecular flexibility index (Phi) is 4.17. The predicted molar refractivity (Wildman–Crippen MR) is 112 cm³/mol. The van der Waals surface area contributed by atoms with Crippen LogP contribution < -0.4 is 10.5 Å². The van der Waals surface area contributed by atoms with Gasteiger partial charge in [0.1, 0.15) is 12.9 Å². The Bertz CT molecular complexity index is 1410. The lowest BCUT2D eigenvalue weighted by Crippen LogP contribution is -2.24. The molecule has 0 spiro atoms. The molecular weight excluding hydrogens is 434 g/mol. The van der Waals surface area contributed by atoms with Gasteiger partial charge < -0.3 is 14.0 Å². The number of hydrogen-bond acceptors (Lipinski definition) is 8. The highest BCUT2D eigenvalue weighted by Crippen LogP contribution is 2.58. The van der Waals surface area contributed by atoms with E-state index in [1.807, 2.05) is 0 Å². The molecule has 4 aromatic rings. The van der Waals surface area contributed by atoms with Crippen LogP contribution in [0, 0.1) is 11.8 Å². The van der Waals surface area contributed by atoms with Crippen LogP contribution in [0.1, 0.15) is 30.1 Å². The van der Waals surface area contributed by atoms with Gasteiger partial charge in [0, 0.05) is 44.7 Å². The maximum absolute atomic E-state index is 13.6. The summed E-state index contributed by atoms with van der Waals surface area (Å²) in [5.74, 6) is -1.15. The van der Waals surface area contributed by atoms with Crippen LogP contribution in [-0.4, -0.2) is 47.3 Å². The lowest BCUT2D eigenvalue weighted by atomic mass is 10.1. The number of aromatic nitrogens is 7. The predicted octanol–water partition coefficient (Wildman–Crippen LogP) is 1.92. The number of halogens is 2. The summed E-state index contributed by atoms with van der Waals surface area (Å²) >= 11 is 0. The summed E-state index contributed by atoms with van der Waals surface area (Å²) in [5, 5.41) is 4.13. The van der Waals surface area contributed by atoms with Crippen LogP contribution in [0.15, 0.2) is 40.4 Å². The first-order valence-corrected chi connectivity index (χ1v) is 10.6. The van der Waals surface area contributed by atoms with Crippen LogP contribution in [0.2, 0.25) is 0 Å². The molecule has 33 heavy (non-hydrogen) atoms. The Balaban J connectivity index is 1.15. The van der Waals surface area contributed by atoms with Gasteiger partial charge in [-0.3, -0.25) is 14.3 Å². The fourth-order valence-electron chi connectivity index (χ4n) is 4.76. The first kappa shape index (κ1) is 19.9. The average molecular weight is 454 g/mol. The minimum Gasteiger partial charge on any atom is -0.370 e. The molecule has 0 aromatic carbocycles. The third kappa shape index (κ3) is 3.28. The van der Waals surface area contributed by atoms with Crippen LogP contribution >= 0.6 is 0 Å². The minimum atomic E-state index is -2.92. The van der Waals surface area contributed by atoms with E-state index >= 15 is 0 Å². The van der Waals surface area contributed by atoms with Crippen LogP contribution in [0.25, 0.3) is 11.2 Å². The molecule has 0 amide bonds. The number of piperidine rings is 1. The van der Waals surface area contributed by atoms with Crippen LogP contribution in [-0.2, 0) is 19.5 Å². The van der Waals surface area contributed by atoms with E-state index in [0.29, 0.717) is 40.4 Å². The van der Waals surface area contributed by atoms with Crippen LogP contribution in [0.3, 0.4) is 0 Å². The third-order valence-electron chi connectivity index (χ3n) is 6.58. The largest absolute Gasteiger partial charge is 0.370 e. The monoisotopic (exact) mass is 454 g/mol. The van der Waals surface area contributed by atoms with E-state index in [4.69, 9.17) is 4.52 Å². The molecule has 6 rings (SSSR count). The number of imidazole rings is 1. The quantitative estimate of drug-likeness (QED) is 0.450. The summed E-state index contributed by atoms with van der Waals surface area (Å²) in [6, 6.07) is 1.50. The van der Waals surface area contributed by atoms with Crippen LogP contribution in [0.5, 0.6) is 0 Å². The summed E-state index contributed by atoms with van der Waals surface area (Å²) in [4.78, 5) is 31.5. The van der Waals surface area contributed by atoms with E-state index in [0.717, 1.165) is 20.0 Å². The highest BCUT2D eigenvalue weighted by Gasteiger charge is 2.58. The van der Waals surface area contributed by atoms with Crippen molar-refractivity contribution in [3.63, 3.8) is 0 Å². The first-order chi connectivity index (χ1) is 15.8. The van der Waals surface area contributed by atoms with Gasteiger partial charge >= 0.3 is 0 Å². The van der Waals surface area contributed by atoms with Gasteiger partial charge in [-0.15, -0.1) is 0 Å². The molecule has 2 atom stereocenters. The smallest absolute Gasteiger partial charge is 0.280 e. The zero-order valence-electron chi connectivity index (χ0n) is 17.9. The number of pyridine rings is 1. The number of rotatable bonds is 5. The van der Waals surface area contributed by atoms with Gasteiger partial charge in [-0.25, -0.2) is 18.7 Å². The number of hydrogen-bond donors (Lipinski definition) is 0. The van der Waals surface area contributed by atoms with Crippen molar-refractivity contribution in [2.75, 3.05) is 18.0 Å². The first-order valence-electron chi connectivity index (χ1n) is 10.6. The zero-order valence-corrected chi connectivity index (χ0v) is 17.9. The summed E-state index contributed by atoms with van der Waals surface area (Å²) in [6.45, 7) is 2.44. The Hall–Kier alpha value is -3.70. The Morgan fingerprint density at radius 1 is 1.18 bits per heavy atom. The summed E-state index contributed by atoms with van der Waals surface area (Å²) in [6.07, 6.45) is 5.79. The molecule has 2 unspecified atom stereocenters. The standard InChI is InChI=1S/C21H20F2N8O2/c1-21(22,23)11-3-12(5-24-4-11)30-6-13-14(7-30)16(13)18-27-15(33-28-18)8-31-10-26-19-17(20(31)32)29(2)9-25-19/h3-5,9-10,13-14,16H,6-8H2,1-2H3. The summed E-state index contributed by atoms with van der Waals surface area (Å²) in [7, 11) is 1.74. The van der Waals surface area contributed by atoms with Crippen molar-refractivity contribution >= 4 is 16.9 Å². The molecule has 0 bridgehead atoms. The highest BCUT2D eigenvalue weighted by molar-refractivity contribution is 5.68. The number of nitrogens with zero attached hydrogens (tertiary/aromatic N) is 8. The van der Waals surface area contributed by atoms with Crippen molar-refractivity contribution in [3.05, 3.63) is 58.7 Å². The number of aryl methyl sites for hydroxylation is 1. The van der Waals surface area contributed by atoms with Gasteiger partial charge in [-0.2, -0.15) is 4.98 Å². The molecule has 1 saturated heterocycles. The molecule has 2 fully saturated rings. The molecule has 1 saturated carbocycles. The fraction of sp³-hybridized carbons (Fsp3) is 0.429. The van der Waals surface area contributed by atoms with Gasteiger partial charge in [0.15, 0.2) is 17.0 Å². The maximum atomic E-state index is 13.6. The normalized spacial score (nSPS) is 22.2. The lowest BCUT2D eigenvalue weighted by Gasteiger charge is -2.22. The summed E-state index contributed by atoms with van der Waals surface area (Å²) in [5.41, 5.74) is 1.18. The van der Waals surface area contributed by atoms with Crippen molar-refractivity contribution in [1.29, 1.82) is 0 Å². The van der Waals surface area contributed by atoms with Crippen molar-refractivity contribution in [2.24, 2.45) is 18.9 Å². The number of anilines is 1. The van der Waals surface area contributed by atoms with Gasteiger partial charge in [0.05, 0.1) is 18.2 Å². The van der Waals surface area contributed by atoms with E-state index in [-0.39, 0.29) is 23.6 Å².